The number of para-hydroxylation sites is 1. The van der Waals surface area contributed by atoms with E-state index in [9.17, 15) is 20.1 Å². The molecule has 0 saturated heterocycles. The number of methoxy groups -OCH3 is 1. The molecule has 0 aliphatic rings. The lowest BCUT2D eigenvalue weighted by molar-refractivity contribution is -0.109. The van der Waals surface area contributed by atoms with E-state index in [1.807, 2.05) is 0 Å². The van der Waals surface area contributed by atoms with E-state index in [4.69, 9.17) is 4.74 Å². The van der Waals surface area contributed by atoms with Gasteiger partial charge in [0.1, 0.15) is 6.10 Å². The zero-order valence-electron chi connectivity index (χ0n) is 10.9. The molecule has 0 saturated carbocycles. The van der Waals surface area contributed by atoms with Gasteiger partial charge in [0, 0.05) is 18.2 Å². The highest BCUT2D eigenvalue weighted by atomic mass is 32.2. The number of ether oxygens (including phenoxy) is 1. The molecule has 106 valence electrons. The number of phenolic OH excluding ortho intramolecular Hbond substituents is 1. The summed E-state index contributed by atoms with van der Waals surface area (Å²) in [6, 6.07) is 4.70. The van der Waals surface area contributed by atoms with E-state index < -0.39 is 12.2 Å². The van der Waals surface area contributed by atoms with Crippen molar-refractivity contribution in [1.29, 1.82) is 0 Å². The molecule has 0 aliphatic carbocycles. The fourth-order valence-corrected chi connectivity index (χ4v) is 2.28. The average Bonchev–Trinajstić information content (AvgIpc) is 2.37. The first-order chi connectivity index (χ1) is 8.97. The summed E-state index contributed by atoms with van der Waals surface area (Å²) in [6.45, 7) is 1.45. The highest BCUT2D eigenvalue weighted by Gasteiger charge is 2.22. The fraction of sp³-hybridized carbons (Fsp3) is 0.462. The number of thioether (sulfide) groups is 1. The first kappa shape index (κ1) is 15.8. The summed E-state index contributed by atoms with van der Waals surface area (Å²) in [6.07, 6.45) is -2.02. The van der Waals surface area contributed by atoms with Crippen molar-refractivity contribution in [3.05, 3.63) is 23.8 Å². The summed E-state index contributed by atoms with van der Waals surface area (Å²) in [7, 11) is 1.41. The summed E-state index contributed by atoms with van der Waals surface area (Å²) >= 11 is 1.09. The smallest absolute Gasteiger partial charge is 0.185 e. The van der Waals surface area contributed by atoms with Crippen LogP contribution < -0.4 is 4.74 Å². The lowest BCUT2D eigenvalue weighted by Gasteiger charge is -2.19. The van der Waals surface area contributed by atoms with Crippen LogP contribution in [-0.4, -0.2) is 39.4 Å². The molecule has 0 aromatic heterocycles. The molecule has 0 bridgehead atoms. The van der Waals surface area contributed by atoms with Crippen molar-refractivity contribution in [2.24, 2.45) is 0 Å². The Labute approximate surface area is 116 Å². The molecule has 0 heterocycles. The van der Waals surface area contributed by atoms with Crippen molar-refractivity contribution >= 4 is 16.9 Å². The number of rotatable bonds is 6. The molecular formula is C13H18O5S. The van der Waals surface area contributed by atoms with Gasteiger partial charge in [-0.15, -0.1) is 0 Å². The van der Waals surface area contributed by atoms with Gasteiger partial charge < -0.3 is 20.1 Å². The summed E-state index contributed by atoms with van der Waals surface area (Å²) < 4.78 is 4.94. The molecule has 6 heteroatoms. The van der Waals surface area contributed by atoms with Gasteiger partial charge in [-0.2, -0.15) is 0 Å². The first-order valence-corrected chi connectivity index (χ1v) is 6.81. The quantitative estimate of drug-likeness (QED) is 0.734. The molecule has 2 atom stereocenters. The second-order valence-corrected chi connectivity index (χ2v) is 5.31. The fourth-order valence-electron chi connectivity index (χ4n) is 1.63. The highest BCUT2D eigenvalue weighted by molar-refractivity contribution is 8.13. The van der Waals surface area contributed by atoms with E-state index in [0.29, 0.717) is 5.75 Å². The molecule has 0 fully saturated rings. The maximum absolute atomic E-state index is 10.8. The van der Waals surface area contributed by atoms with E-state index in [0.717, 1.165) is 11.8 Å². The van der Waals surface area contributed by atoms with Crippen molar-refractivity contribution in [3.8, 4) is 11.5 Å². The van der Waals surface area contributed by atoms with Crippen molar-refractivity contribution in [2.75, 3.05) is 12.9 Å². The molecule has 19 heavy (non-hydrogen) atoms. The minimum atomic E-state index is -1.22. The standard InChI is InChI=1S/C13H18O5S/c1-8(14)19-7-6-10(15)12(16)9-4-3-5-11(18-2)13(9)17/h3-5,10,12,15-17H,6-7H2,1-2H3. The van der Waals surface area contributed by atoms with Crippen LogP contribution in [0.25, 0.3) is 0 Å². The van der Waals surface area contributed by atoms with Gasteiger partial charge in [0.2, 0.25) is 0 Å². The van der Waals surface area contributed by atoms with Crippen LogP contribution in [0.4, 0.5) is 0 Å². The molecule has 3 N–H and O–H groups in total. The van der Waals surface area contributed by atoms with Crippen molar-refractivity contribution < 1.29 is 24.9 Å². The summed E-state index contributed by atoms with van der Waals surface area (Å²) in [5.74, 6) is 0.468. The Morgan fingerprint density at radius 2 is 2.11 bits per heavy atom. The summed E-state index contributed by atoms with van der Waals surface area (Å²) in [5, 5.41) is 29.7. The third-order valence-electron chi connectivity index (χ3n) is 2.65. The van der Waals surface area contributed by atoms with Gasteiger partial charge >= 0.3 is 0 Å². The predicted molar refractivity (Wildman–Crippen MR) is 73.4 cm³/mol. The monoisotopic (exact) mass is 286 g/mol. The number of aromatic hydroxyl groups is 1. The zero-order valence-corrected chi connectivity index (χ0v) is 11.7. The van der Waals surface area contributed by atoms with Gasteiger partial charge in [-0.1, -0.05) is 23.9 Å². The van der Waals surface area contributed by atoms with Crippen LogP contribution in [0.3, 0.4) is 0 Å². The van der Waals surface area contributed by atoms with Gasteiger partial charge in [-0.25, -0.2) is 0 Å². The Morgan fingerprint density at radius 1 is 1.42 bits per heavy atom. The number of phenols is 1. The van der Waals surface area contributed by atoms with E-state index in [1.165, 1.54) is 20.1 Å². The Bertz CT molecular complexity index is 435. The molecule has 0 spiro atoms. The maximum Gasteiger partial charge on any atom is 0.185 e. The largest absolute Gasteiger partial charge is 0.504 e. The first-order valence-electron chi connectivity index (χ1n) is 5.82. The maximum atomic E-state index is 10.8. The van der Waals surface area contributed by atoms with Gasteiger partial charge in [-0.05, 0) is 12.5 Å². The Hall–Kier alpha value is -1.24. The van der Waals surface area contributed by atoms with Gasteiger partial charge in [0.25, 0.3) is 0 Å². The van der Waals surface area contributed by atoms with E-state index in [2.05, 4.69) is 0 Å². The zero-order chi connectivity index (χ0) is 14.4. The SMILES string of the molecule is COc1cccc(C(O)C(O)CCSC(C)=O)c1O. The average molecular weight is 286 g/mol. The van der Waals surface area contributed by atoms with Crippen LogP contribution in [0.5, 0.6) is 11.5 Å². The molecule has 0 radical (unpaired) electrons. The lowest BCUT2D eigenvalue weighted by Crippen LogP contribution is -2.19. The Morgan fingerprint density at radius 3 is 2.68 bits per heavy atom. The molecule has 1 rings (SSSR count). The highest BCUT2D eigenvalue weighted by Crippen LogP contribution is 2.35. The minimum Gasteiger partial charge on any atom is -0.504 e. The number of carbonyl (C=O) groups excluding carboxylic acids is 1. The van der Waals surface area contributed by atoms with Crippen LogP contribution in [0.2, 0.25) is 0 Å². The van der Waals surface area contributed by atoms with E-state index in [-0.39, 0.29) is 28.6 Å². The molecule has 1 aromatic rings. The van der Waals surface area contributed by atoms with Crippen LogP contribution in [0, 0.1) is 0 Å². The van der Waals surface area contributed by atoms with Crippen LogP contribution in [-0.2, 0) is 4.79 Å². The van der Waals surface area contributed by atoms with Gasteiger partial charge in [0.05, 0.1) is 13.2 Å². The van der Waals surface area contributed by atoms with Crippen molar-refractivity contribution in [3.63, 3.8) is 0 Å². The number of carbonyl (C=O) groups is 1. The lowest BCUT2D eigenvalue weighted by atomic mass is 10.0. The van der Waals surface area contributed by atoms with Gasteiger partial charge in [-0.3, -0.25) is 4.79 Å². The second-order valence-electron chi connectivity index (χ2n) is 4.04. The number of benzene rings is 1. The molecular weight excluding hydrogens is 268 g/mol. The van der Waals surface area contributed by atoms with Gasteiger partial charge in [0.15, 0.2) is 16.6 Å². The van der Waals surface area contributed by atoms with E-state index in [1.54, 1.807) is 12.1 Å². The van der Waals surface area contributed by atoms with Crippen LogP contribution in [0.1, 0.15) is 25.0 Å². The molecule has 2 unspecified atom stereocenters. The van der Waals surface area contributed by atoms with Crippen molar-refractivity contribution in [2.45, 2.75) is 25.6 Å². The Kier molecular flexibility index (Phi) is 6.14. The number of aliphatic hydroxyl groups is 2. The predicted octanol–water partition coefficient (Wildman–Crippen LogP) is 1.46. The third-order valence-corrected chi connectivity index (χ3v) is 3.50. The minimum absolute atomic E-state index is 0.0362. The topological polar surface area (TPSA) is 87.0 Å². The molecule has 0 aliphatic heterocycles. The number of hydrogen-bond donors (Lipinski definition) is 3. The van der Waals surface area contributed by atoms with E-state index >= 15 is 0 Å². The third kappa shape index (κ3) is 4.41. The number of hydrogen-bond acceptors (Lipinski definition) is 6. The Balaban J connectivity index is 2.71. The number of aliphatic hydroxyl groups excluding tert-OH is 2. The molecule has 5 nitrogen and oxygen atoms in total. The van der Waals surface area contributed by atoms with Crippen LogP contribution in [0.15, 0.2) is 18.2 Å². The van der Waals surface area contributed by atoms with Crippen LogP contribution >= 0.6 is 11.8 Å². The summed E-state index contributed by atoms with van der Waals surface area (Å²) in [5.41, 5.74) is 0.208. The second kappa shape index (κ2) is 7.37. The molecule has 1 aromatic carbocycles. The summed E-state index contributed by atoms with van der Waals surface area (Å²) in [4.78, 5) is 10.8. The van der Waals surface area contributed by atoms with Crippen molar-refractivity contribution in [1.82, 2.24) is 0 Å². The molecule has 0 amide bonds. The normalized spacial score (nSPS) is 13.9.